The lowest BCUT2D eigenvalue weighted by atomic mass is 9.65. The minimum Gasteiger partial charge on any atom is -0.497 e. The summed E-state index contributed by atoms with van der Waals surface area (Å²) in [6.45, 7) is 8.22. The third-order valence-corrected chi connectivity index (χ3v) is 5.78. The molecule has 0 saturated carbocycles. The van der Waals surface area contributed by atoms with Gasteiger partial charge in [0.15, 0.2) is 12.3 Å². The lowest BCUT2D eigenvalue weighted by Crippen LogP contribution is -2.62. The molecule has 0 aliphatic carbocycles. The molecule has 7 heteroatoms. The molecule has 4 rings (SSSR count). The molecule has 1 amide bonds. The van der Waals surface area contributed by atoms with E-state index in [0.717, 1.165) is 38.3 Å². The Labute approximate surface area is 171 Å². The molecule has 0 radical (unpaired) electrons. The predicted molar refractivity (Wildman–Crippen MR) is 108 cm³/mol. The van der Waals surface area contributed by atoms with Gasteiger partial charge in [0.05, 0.1) is 7.11 Å². The largest absolute Gasteiger partial charge is 0.497 e. The number of benzene rings is 1. The summed E-state index contributed by atoms with van der Waals surface area (Å²) in [7, 11) is 3.79. The summed E-state index contributed by atoms with van der Waals surface area (Å²) in [4.78, 5) is 21.8. The number of fused-ring (bicyclic) bond motifs is 2. The molecule has 2 saturated heterocycles. The Morgan fingerprint density at radius 3 is 2.34 bits per heavy atom. The number of methoxy groups -OCH3 is 1. The van der Waals surface area contributed by atoms with E-state index in [4.69, 9.17) is 13.9 Å². The summed E-state index contributed by atoms with van der Waals surface area (Å²) >= 11 is 0. The predicted octanol–water partition coefficient (Wildman–Crippen LogP) is 3.07. The fourth-order valence-electron chi connectivity index (χ4n) is 5.29. The van der Waals surface area contributed by atoms with Crippen molar-refractivity contribution < 1.29 is 18.7 Å². The molecule has 2 aliphatic heterocycles. The zero-order chi connectivity index (χ0) is 20.6. The number of amides is 1. The average molecular weight is 399 g/mol. The van der Waals surface area contributed by atoms with Crippen molar-refractivity contribution in [2.75, 3.05) is 40.3 Å². The van der Waals surface area contributed by atoms with Gasteiger partial charge in [0.25, 0.3) is 5.91 Å². The Kier molecular flexibility index (Phi) is 5.02. The van der Waals surface area contributed by atoms with Crippen molar-refractivity contribution in [3.05, 3.63) is 42.1 Å². The van der Waals surface area contributed by atoms with E-state index in [-0.39, 0.29) is 23.3 Å². The van der Waals surface area contributed by atoms with Gasteiger partial charge in [0.1, 0.15) is 17.8 Å². The molecule has 2 fully saturated rings. The molecule has 2 unspecified atom stereocenters. The van der Waals surface area contributed by atoms with Gasteiger partial charge in [-0.3, -0.25) is 4.79 Å². The van der Waals surface area contributed by atoms with Crippen LogP contribution in [-0.4, -0.2) is 61.0 Å². The Morgan fingerprint density at radius 2 is 1.72 bits per heavy atom. The van der Waals surface area contributed by atoms with E-state index >= 15 is 0 Å². The summed E-state index contributed by atoms with van der Waals surface area (Å²) in [5.74, 6) is 1.77. The second-order valence-corrected chi connectivity index (χ2v) is 9.22. The maximum Gasteiger partial charge on any atom is 0.275 e. The van der Waals surface area contributed by atoms with Crippen molar-refractivity contribution in [1.29, 1.82) is 0 Å². The van der Waals surface area contributed by atoms with E-state index < -0.39 is 0 Å². The van der Waals surface area contributed by atoms with Gasteiger partial charge in [-0.1, -0.05) is 13.8 Å². The molecular formula is C22H29N3O4. The number of oxazole rings is 1. The summed E-state index contributed by atoms with van der Waals surface area (Å²) in [6.07, 6.45) is 2.59. The number of likely N-dealkylation sites (tertiary alicyclic amines) is 2. The van der Waals surface area contributed by atoms with Gasteiger partial charge < -0.3 is 23.7 Å². The summed E-state index contributed by atoms with van der Waals surface area (Å²) < 4.78 is 16.3. The van der Waals surface area contributed by atoms with Crippen LogP contribution in [0, 0.1) is 10.8 Å². The van der Waals surface area contributed by atoms with Gasteiger partial charge in [-0.2, -0.15) is 0 Å². The van der Waals surface area contributed by atoms with Crippen LogP contribution >= 0.6 is 0 Å². The van der Waals surface area contributed by atoms with E-state index in [0.29, 0.717) is 17.3 Å². The van der Waals surface area contributed by atoms with Crippen molar-refractivity contribution in [2.45, 2.75) is 26.9 Å². The molecule has 29 heavy (non-hydrogen) atoms. The first kappa shape index (κ1) is 19.8. The number of carbonyl (C=O) groups excluding carboxylic acids is 1. The maximum absolute atomic E-state index is 13.1. The number of nitrogens with zero attached hydrogens (tertiary/aromatic N) is 3. The highest BCUT2D eigenvalue weighted by molar-refractivity contribution is 5.92. The van der Waals surface area contributed by atoms with E-state index in [1.165, 1.54) is 6.26 Å². The lowest BCUT2D eigenvalue weighted by molar-refractivity contribution is -0.0555. The number of rotatable bonds is 5. The molecule has 2 bridgehead atoms. The van der Waals surface area contributed by atoms with Gasteiger partial charge >= 0.3 is 0 Å². The lowest BCUT2D eigenvalue weighted by Gasteiger charge is -2.56. The summed E-state index contributed by atoms with van der Waals surface area (Å²) in [5, 5.41) is 0. The fraction of sp³-hybridized carbons (Fsp3) is 0.545. The highest BCUT2D eigenvalue weighted by Gasteiger charge is 2.48. The first-order valence-corrected chi connectivity index (χ1v) is 9.97. The van der Waals surface area contributed by atoms with Gasteiger partial charge in [0.2, 0.25) is 5.89 Å². The van der Waals surface area contributed by atoms with Crippen LogP contribution in [0.25, 0.3) is 0 Å². The van der Waals surface area contributed by atoms with Crippen molar-refractivity contribution in [3.8, 4) is 11.5 Å². The SMILES string of the molecule is COc1ccc(OCc2nc(C(=O)N3CC4(C)CN(C)CC(C)(C3)C4)co2)cc1. The Bertz CT molecular complexity index is 860. The molecule has 156 valence electrons. The number of hydrogen-bond acceptors (Lipinski definition) is 6. The Balaban J connectivity index is 1.40. The van der Waals surface area contributed by atoms with Gasteiger partial charge in [-0.05, 0) is 48.6 Å². The monoisotopic (exact) mass is 399 g/mol. The molecule has 0 spiro atoms. The van der Waals surface area contributed by atoms with Crippen molar-refractivity contribution in [1.82, 2.24) is 14.8 Å². The number of hydrogen-bond donors (Lipinski definition) is 0. The second kappa shape index (κ2) is 7.37. The Morgan fingerprint density at radius 1 is 1.10 bits per heavy atom. The molecular weight excluding hydrogens is 370 g/mol. The highest BCUT2D eigenvalue weighted by Crippen LogP contribution is 2.45. The van der Waals surface area contributed by atoms with Crippen LogP contribution < -0.4 is 9.47 Å². The zero-order valence-corrected chi connectivity index (χ0v) is 17.6. The van der Waals surface area contributed by atoms with E-state index in [2.05, 4.69) is 30.8 Å². The molecule has 1 aromatic heterocycles. The van der Waals surface area contributed by atoms with E-state index in [9.17, 15) is 4.79 Å². The van der Waals surface area contributed by atoms with Crippen LogP contribution in [0.5, 0.6) is 11.5 Å². The molecule has 1 aromatic carbocycles. The fourth-order valence-corrected chi connectivity index (χ4v) is 5.29. The van der Waals surface area contributed by atoms with E-state index in [1.54, 1.807) is 7.11 Å². The van der Waals surface area contributed by atoms with Crippen LogP contribution in [0.4, 0.5) is 0 Å². The van der Waals surface area contributed by atoms with Gasteiger partial charge in [-0.25, -0.2) is 4.98 Å². The number of aromatic nitrogens is 1. The second-order valence-electron chi connectivity index (χ2n) is 9.22. The Hall–Kier alpha value is -2.54. The van der Waals surface area contributed by atoms with Crippen LogP contribution in [0.1, 0.15) is 36.6 Å². The minimum atomic E-state index is -0.0637. The highest BCUT2D eigenvalue weighted by atomic mass is 16.5. The molecule has 2 atom stereocenters. The smallest absolute Gasteiger partial charge is 0.275 e. The summed E-state index contributed by atoms with van der Waals surface area (Å²) in [6, 6.07) is 7.29. The quantitative estimate of drug-likeness (QED) is 0.770. The molecule has 2 aromatic rings. The number of ether oxygens (including phenoxy) is 2. The first-order chi connectivity index (χ1) is 13.8. The summed E-state index contributed by atoms with van der Waals surface area (Å²) in [5.41, 5.74) is 0.568. The third kappa shape index (κ3) is 4.24. The average Bonchev–Trinajstić information content (AvgIpc) is 3.12. The molecule has 0 N–H and O–H groups in total. The van der Waals surface area contributed by atoms with E-state index in [1.807, 2.05) is 29.2 Å². The number of piperidine rings is 2. The standard InChI is InChI=1S/C22H29N3O4/c1-21-11-22(2,13-24(3)12-21)15-25(14-21)20(26)18-9-29-19(23-18)10-28-17-7-5-16(27-4)6-8-17/h5-9H,10-15H2,1-4H3. The molecule has 7 nitrogen and oxygen atoms in total. The van der Waals surface area contributed by atoms with Crippen molar-refractivity contribution in [2.24, 2.45) is 10.8 Å². The van der Waals surface area contributed by atoms with Crippen LogP contribution in [-0.2, 0) is 6.61 Å². The third-order valence-electron chi connectivity index (χ3n) is 5.78. The first-order valence-electron chi connectivity index (χ1n) is 9.97. The minimum absolute atomic E-state index is 0.0637. The van der Waals surface area contributed by atoms with Crippen molar-refractivity contribution >= 4 is 5.91 Å². The maximum atomic E-state index is 13.1. The van der Waals surface area contributed by atoms with Crippen LogP contribution in [0.3, 0.4) is 0 Å². The van der Waals surface area contributed by atoms with Gasteiger partial charge in [0, 0.05) is 26.2 Å². The van der Waals surface area contributed by atoms with Gasteiger partial charge in [-0.15, -0.1) is 0 Å². The zero-order valence-electron chi connectivity index (χ0n) is 17.6. The van der Waals surface area contributed by atoms with Crippen LogP contribution in [0.2, 0.25) is 0 Å². The molecule has 2 aliphatic rings. The topological polar surface area (TPSA) is 68.0 Å². The molecule has 3 heterocycles. The number of carbonyl (C=O) groups is 1. The van der Waals surface area contributed by atoms with Crippen LogP contribution in [0.15, 0.2) is 34.9 Å². The van der Waals surface area contributed by atoms with Crippen molar-refractivity contribution in [3.63, 3.8) is 0 Å². The normalized spacial score (nSPS) is 27.0.